The molecule has 2 aliphatic heterocycles. The molecule has 48 heavy (non-hydrogen) atoms. The van der Waals surface area contributed by atoms with Gasteiger partial charge in [-0.2, -0.15) is 0 Å². The summed E-state index contributed by atoms with van der Waals surface area (Å²) in [7, 11) is 4.39. The van der Waals surface area contributed by atoms with Crippen LogP contribution in [0.3, 0.4) is 0 Å². The van der Waals surface area contributed by atoms with E-state index in [4.69, 9.17) is 11.5 Å². The molecule has 0 saturated carbocycles. The zero-order valence-electron chi connectivity index (χ0n) is 28.7. The SMILES string of the molecule is Cc1ccc2c(c1)c1c(n2CC(N)c2ccncc2)CCN(C)C1.Cc1ccc2c(c1)c1c(n2CC(N)c2ccncc2)CN(C)CC1. The van der Waals surface area contributed by atoms with E-state index in [9.17, 15) is 0 Å². The molecule has 0 bridgehead atoms. The molecule has 0 saturated heterocycles. The topological polar surface area (TPSA) is 94.2 Å². The molecule has 2 unspecified atom stereocenters. The van der Waals surface area contributed by atoms with Crippen LogP contribution in [0.5, 0.6) is 0 Å². The van der Waals surface area contributed by atoms with Crippen LogP contribution in [-0.4, -0.2) is 56.1 Å². The van der Waals surface area contributed by atoms with Crippen molar-refractivity contribution >= 4 is 21.8 Å². The van der Waals surface area contributed by atoms with Crippen LogP contribution in [0.2, 0.25) is 0 Å². The second-order valence-electron chi connectivity index (χ2n) is 13.9. The van der Waals surface area contributed by atoms with E-state index >= 15 is 0 Å². The lowest BCUT2D eigenvalue weighted by molar-refractivity contribution is 0.302. The highest BCUT2D eigenvalue weighted by Crippen LogP contribution is 2.34. The summed E-state index contributed by atoms with van der Waals surface area (Å²) in [6.07, 6.45) is 9.46. The largest absolute Gasteiger partial charge is 0.342 e. The fraction of sp³-hybridized carbons (Fsp3) is 0.350. The number of aryl methyl sites for hydroxylation is 2. The maximum atomic E-state index is 6.51. The fourth-order valence-corrected chi connectivity index (χ4v) is 7.63. The Morgan fingerprint density at radius 2 is 1.08 bits per heavy atom. The number of benzene rings is 2. The van der Waals surface area contributed by atoms with E-state index in [0.717, 1.165) is 63.2 Å². The highest BCUT2D eigenvalue weighted by atomic mass is 15.1. The quantitative estimate of drug-likeness (QED) is 0.230. The van der Waals surface area contributed by atoms with Crippen LogP contribution in [0.4, 0.5) is 0 Å². The fourth-order valence-electron chi connectivity index (χ4n) is 7.63. The Labute approximate surface area is 284 Å². The maximum absolute atomic E-state index is 6.51. The van der Waals surface area contributed by atoms with Crippen LogP contribution < -0.4 is 11.5 Å². The van der Waals surface area contributed by atoms with Gasteiger partial charge in [0.05, 0.1) is 0 Å². The maximum Gasteiger partial charge on any atom is 0.0486 e. The number of hydrogen-bond acceptors (Lipinski definition) is 6. The lowest BCUT2D eigenvalue weighted by Crippen LogP contribution is -2.29. The molecule has 0 spiro atoms. The molecule has 4 N–H and O–H groups in total. The smallest absolute Gasteiger partial charge is 0.0486 e. The van der Waals surface area contributed by atoms with Gasteiger partial charge in [0.2, 0.25) is 0 Å². The molecule has 2 atom stereocenters. The zero-order chi connectivity index (χ0) is 33.4. The standard InChI is InChI=1S/2C20H24N4/c1-14-3-4-19-16(11-14)17-12-23(2)10-7-20(17)24(19)13-18(21)15-5-8-22-9-6-15;1-14-3-4-19-17(11-14)16-7-10-23(2)13-20(16)24(19)12-18(21)15-5-8-22-9-6-15/h2*3-6,8-9,11,18H,7,10,12-13,21H2,1-2H3. The summed E-state index contributed by atoms with van der Waals surface area (Å²) in [6.45, 7) is 10.2. The molecule has 0 amide bonds. The molecule has 8 heteroatoms. The number of aromatic nitrogens is 4. The Morgan fingerprint density at radius 1 is 0.604 bits per heavy atom. The Kier molecular flexibility index (Phi) is 9.16. The monoisotopic (exact) mass is 640 g/mol. The molecule has 0 aliphatic carbocycles. The summed E-state index contributed by atoms with van der Waals surface area (Å²) in [5.74, 6) is 0. The average molecular weight is 641 g/mol. The Balaban J connectivity index is 0.000000152. The first-order valence-corrected chi connectivity index (χ1v) is 17.2. The molecule has 0 fully saturated rings. The average Bonchev–Trinajstić information content (AvgIpc) is 3.55. The van der Waals surface area contributed by atoms with E-state index in [1.165, 1.54) is 55.4 Å². The predicted molar refractivity (Wildman–Crippen MR) is 196 cm³/mol. The lowest BCUT2D eigenvalue weighted by atomic mass is 10.0. The van der Waals surface area contributed by atoms with Crippen LogP contribution in [0.25, 0.3) is 21.8 Å². The minimum atomic E-state index is -0.0266. The lowest BCUT2D eigenvalue weighted by Gasteiger charge is -2.25. The van der Waals surface area contributed by atoms with E-state index < -0.39 is 0 Å². The van der Waals surface area contributed by atoms with Gasteiger partial charge in [0.25, 0.3) is 0 Å². The third-order valence-electron chi connectivity index (χ3n) is 10.2. The molecular weight excluding hydrogens is 592 g/mol. The molecule has 6 heterocycles. The first-order chi connectivity index (χ1) is 23.3. The number of rotatable bonds is 6. The van der Waals surface area contributed by atoms with Crippen LogP contribution in [0.1, 0.15) is 56.9 Å². The minimum absolute atomic E-state index is 0.0198. The van der Waals surface area contributed by atoms with Gasteiger partial charge in [-0.3, -0.25) is 9.97 Å². The predicted octanol–water partition coefficient (Wildman–Crippen LogP) is 6.07. The van der Waals surface area contributed by atoms with E-state index in [1.807, 2.05) is 49.1 Å². The Hall–Kier alpha value is -4.34. The molecule has 6 aromatic rings. The molecule has 4 aromatic heterocycles. The van der Waals surface area contributed by atoms with Crippen LogP contribution in [0, 0.1) is 13.8 Å². The summed E-state index contributed by atoms with van der Waals surface area (Å²) >= 11 is 0. The first kappa shape index (κ1) is 32.2. The highest BCUT2D eigenvalue weighted by Gasteiger charge is 2.25. The van der Waals surface area contributed by atoms with E-state index in [1.54, 1.807) is 0 Å². The van der Waals surface area contributed by atoms with Gasteiger partial charge in [0, 0.05) is 116 Å². The number of nitrogens with zero attached hydrogens (tertiary/aromatic N) is 6. The number of nitrogens with two attached hydrogens (primary N) is 2. The summed E-state index contributed by atoms with van der Waals surface area (Å²) in [4.78, 5) is 13.0. The summed E-state index contributed by atoms with van der Waals surface area (Å²) in [5.41, 5.74) is 26.4. The van der Waals surface area contributed by atoms with Crippen molar-refractivity contribution in [1.82, 2.24) is 28.9 Å². The first-order valence-electron chi connectivity index (χ1n) is 17.2. The van der Waals surface area contributed by atoms with Gasteiger partial charge in [0.15, 0.2) is 0 Å². The number of pyridine rings is 2. The van der Waals surface area contributed by atoms with Gasteiger partial charge < -0.3 is 30.4 Å². The van der Waals surface area contributed by atoms with Crippen molar-refractivity contribution in [2.45, 2.75) is 65.0 Å². The van der Waals surface area contributed by atoms with Crippen molar-refractivity contribution < 1.29 is 0 Å². The summed E-state index contributed by atoms with van der Waals surface area (Å²) in [5, 5.41) is 2.79. The van der Waals surface area contributed by atoms with Crippen LogP contribution in [0.15, 0.2) is 85.5 Å². The molecular formula is C40H48N8. The summed E-state index contributed by atoms with van der Waals surface area (Å²) in [6, 6.07) is 21.6. The number of hydrogen-bond donors (Lipinski definition) is 2. The third kappa shape index (κ3) is 6.41. The Morgan fingerprint density at radius 3 is 1.65 bits per heavy atom. The van der Waals surface area contributed by atoms with Gasteiger partial charge in [-0.15, -0.1) is 0 Å². The van der Waals surface area contributed by atoms with E-state index in [-0.39, 0.29) is 12.1 Å². The second-order valence-corrected chi connectivity index (χ2v) is 13.9. The highest BCUT2D eigenvalue weighted by molar-refractivity contribution is 5.87. The molecule has 248 valence electrons. The number of likely N-dealkylation sites (N-methyl/N-ethyl adjacent to an activating group) is 2. The normalized spacial score (nSPS) is 16.3. The van der Waals surface area contributed by atoms with Crippen molar-refractivity contribution in [3.05, 3.63) is 130 Å². The van der Waals surface area contributed by atoms with E-state index in [0.29, 0.717) is 0 Å². The molecule has 8 rings (SSSR count). The zero-order valence-corrected chi connectivity index (χ0v) is 28.7. The molecule has 0 radical (unpaired) electrons. The van der Waals surface area contributed by atoms with Crippen molar-refractivity contribution in [3.63, 3.8) is 0 Å². The number of fused-ring (bicyclic) bond motifs is 6. The van der Waals surface area contributed by atoms with Crippen LogP contribution >= 0.6 is 0 Å². The third-order valence-corrected chi connectivity index (χ3v) is 10.2. The molecule has 2 aliphatic rings. The summed E-state index contributed by atoms with van der Waals surface area (Å²) < 4.78 is 4.88. The van der Waals surface area contributed by atoms with Crippen molar-refractivity contribution in [1.29, 1.82) is 0 Å². The minimum Gasteiger partial charge on any atom is -0.342 e. The van der Waals surface area contributed by atoms with Crippen LogP contribution in [-0.2, 0) is 39.0 Å². The van der Waals surface area contributed by atoms with Crippen molar-refractivity contribution in [2.75, 3.05) is 27.2 Å². The van der Waals surface area contributed by atoms with Gasteiger partial charge in [-0.05, 0) is 105 Å². The van der Waals surface area contributed by atoms with Gasteiger partial charge in [-0.1, -0.05) is 23.3 Å². The van der Waals surface area contributed by atoms with Gasteiger partial charge in [-0.25, -0.2) is 0 Å². The molecule has 8 nitrogen and oxygen atoms in total. The second kappa shape index (κ2) is 13.6. The van der Waals surface area contributed by atoms with Gasteiger partial charge in [0.1, 0.15) is 0 Å². The van der Waals surface area contributed by atoms with Crippen molar-refractivity contribution in [3.8, 4) is 0 Å². The Bertz CT molecular complexity index is 2020. The van der Waals surface area contributed by atoms with Gasteiger partial charge >= 0.3 is 0 Å². The van der Waals surface area contributed by atoms with E-state index in [2.05, 4.69) is 93.2 Å². The molecule has 2 aromatic carbocycles. The van der Waals surface area contributed by atoms with Crippen molar-refractivity contribution in [2.24, 2.45) is 11.5 Å².